The summed E-state index contributed by atoms with van der Waals surface area (Å²) < 4.78 is 0. The van der Waals surface area contributed by atoms with E-state index >= 15 is 0 Å². The lowest BCUT2D eigenvalue weighted by Gasteiger charge is -2.04. The monoisotopic (exact) mass is 276 g/mol. The van der Waals surface area contributed by atoms with Gasteiger partial charge in [0.15, 0.2) is 0 Å². The van der Waals surface area contributed by atoms with Gasteiger partial charge in [0, 0.05) is 23.6 Å². The fourth-order valence-corrected chi connectivity index (χ4v) is 2.71. The highest BCUT2D eigenvalue weighted by Gasteiger charge is 2.03. The molecule has 104 valence electrons. The highest BCUT2D eigenvalue weighted by atomic mass is 15.0. The number of para-hydroxylation sites is 2. The van der Waals surface area contributed by atoms with Gasteiger partial charge in [0.25, 0.3) is 0 Å². The average molecular weight is 276 g/mol. The van der Waals surface area contributed by atoms with E-state index in [-0.39, 0.29) is 0 Å². The highest BCUT2D eigenvalue weighted by molar-refractivity contribution is 5.82. The van der Waals surface area contributed by atoms with Crippen LogP contribution in [-0.2, 0) is 13.1 Å². The third-order valence-electron chi connectivity index (χ3n) is 3.73. The van der Waals surface area contributed by atoms with Crippen LogP contribution in [0.1, 0.15) is 11.4 Å². The summed E-state index contributed by atoms with van der Waals surface area (Å²) in [7, 11) is 0. The van der Waals surface area contributed by atoms with Gasteiger partial charge in [-0.15, -0.1) is 0 Å². The van der Waals surface area contributed by atoms with Crippen LogP contribution in [0.4, 0.5) is 0 Å². The molecule has 0 radical (unpaired) electrons. The van der Waals surface area contributed by atoms with Crippen LogP contribution in [0.2, 0.25) is 0 Å². The van der Waals surface area contributed by atoms with E-state index in [2.05, 4.69) is 44.5 Å². The van der Waals surface area contributed by atoms with Gasteiger partial charge in [0.1, 0.15) is 5.82 Å². The van der Waals surface area contributed by atoms with Gasteiger partial charge in [-0.3, -0.25) is 0 Å². The number of fused-ring (bicyclic) bond motifs is 2. The average Bonchev–Trinajstić information content (AvgIpc) is 3.13. The van der Waals surface area contributed by atoms with E-state index in [1.807, 2.05) is 30.5 Å². The molecule has 0 atom stereocenters. The van der Waals surface area contributed by atoms with Gasteiger partial charge in [-0.2, -0.15) is 0 Å². The van der Waals surface area contributed by atoms with E-state index in [1.54, 1.807) is 0 Å². The molecular weight excluding hydrogens is 260 g/mol. The number of nitrogens with zero attached hydrogens (tertiary/aromatic N) is 1. The minimum Gasteiger partial charge on any atom is -0.361 e. The summed E-state index contributed by atoms with van der Waals surface area (Å²) in [5, 5.41) is 4.73. The normalized spacial score (nSPS) is 11.4. The molecule has 4 rings (SSSR count). The molecule has 0 bridgehead atoms. The predicted molar refractivity (Wildman–Crippen MR) is 84.9 cm³/mol. The highest BCUT2D eigenvalue weighted by Crippen LogP contribution is 2.17. The summed E-state index contributed by atoms with van der Waals surface area (Å²) in [6.07, 6.45) is 1.98. The Morgan fingerprint density at radius 2 is 1.81 bits per heavy atom. The van der Waals surface area contributed by atoms with Crippen molar-refractivity contribution in [2.75, 3.05) is 0 Å². The van der Waals surface area contributed by atoms with Gasteiger partial charge in [-0.25, -0.2) is 4.98 Å². The first-order valence-electron chi connectivity index (χ1n) is 7.09. The molecule has 0 unspecified atom stereocenters. The van der Waals surface area contributed by atoms with Crippen molar-refractivity contribution in [1.29, 1.82) is 0 Å². The molecular formula is C17H16N4. The Balaban J connectivity index is 1.48. The Labute approximate surface area is 122 Å². The van der Waals surface area contributed by atoms with Crippen LogP contribution < -0.4 is 5.32 Å². The van der Waals surface area contributed by atoms with E-state index in [0.29, 0.717) is 0 Å². The van der Waals surface area contributed by atoms with E-state index < -0.39 is 0 Å². The van der Waals surface area contributed by atoms with Crippen molar-refractivity contribution in [3.63, 3.8) is 0 Å². The molecule has 21 heavy (non-hydrogen) atoms. The number of aromatic nitrogens is 3. The van der Waals surface area contributed by atoms with Gasteiger partial charge < -0.3 is 15.3 Å². The molecule has 2 heterocycles. The lowest BCUT2D eigenvalue weighted by Crippen LogP contribution is -2.13. The van der Waals surface area contributed by atoms with Crippen LogP contribution in [-0.4, -0.2) is 15.0 Å². The zero-order valence-electron chi connectivity index (χ0n) is 11.6. The Morgan fingerprint density at radius 3 is 2.76 bits per heavy atom. The minimum absolute atomic E-state index is 0.732. The maximum Gasteiger partial charge on any atom is 0.121 e. The fourth-order valence-electron chi connectivity index (χ4n) is 2.71. The topological polar surface area (TPSA) is 56.5 Å². The van der Waals surface area contributed by atoms with Crippen molar-refractivity contribution in [1.82, 2.24) is 20.3 Å². The quantitative estimate of drug-likeness (QED) is 0.535. The van der Waals surface area contributed by atoms with E-state index in [4.69, 9.17) is 0 Å². The first-order valence-corrected chi connectivity index (χ1v) is 7.09. The van der Waals surface area contributed by atoms with Crippen LogP contribution in [0.25, 0.3) is 21.9 Å². The maximum atomic E-state index is 4.57. The van der Waals surface area contributed by atoms with Gasteiger partial charge >= 0.3 is 0 Å². The lowest BCUT2D eigenvalue weighted by molar-refractivity contribution is 0.673. The maximum absolute atomic E-state index is 4.57. The van der Waals surface area contributed by atoms with Crippen molar-refractivity contribution in [3.05, 3.63) is 66.1 Å². The van der Waals surface area contributed by atoms with E-state index in [9.17, 15) is 0 Å². The van der Waals surface area contributed by atoms with Crippen LogP contribution >= 0.6 is 0 Å². The summed E-state index contributed by atoms with van der Waals surface area (Å²) in [5.41, 5.74) is 4.58. The van der Waals surface area contributed by atoms with Crippen LogP contribution in [0.5, 0.6) is 0 Å². The second-order valence-electron chi connectivity index (χ2n) is 5.16. The molecule has 0 spiro atoms. The predicted octanol–water partition coefficient (Wildman–Crippen LogP) is 3.33. The van der Waals surface area contributed by atoms with Crippen molar-refractivity contribution >= 4 is 21.9 Å². The summed E-state index contributed by atoms with van der Waals surface area (Å²) >= 11 is 0. The SMILES string of the molecule is c1ccc2[nH]c(CNCc3cccc4[nH]ccc34)nc2c1. The third kappa shape index (κ3) is 2.30. The number of H-pyrrole nitrogens is 2. The zero-order chi connectivity index (χ0) is 14.1. The smallest absolute Gasteiger partial charge is 0.121 e. The number of imidazole rings is 1. The molecule has 0 aliphatic carbocycles. The Bertz CT molecular complexity index is 855. The van der Waals surface area contributed by atoms with Crippen molar-refractivity contribution in [2.45, 2.75) is 13.1 Å². The second kappa shape index (κ2) is 5.07. The molecule has 0 saturated carbocycles. The number of hydrogen-bond acceptors (Lipinski definition) is 2. The molecule has 0 aliphatic heterocycles. The molecule has 2 aromatic carbocycles. The number of rotatable bonds is 4. The molecule has 0 aliphatic rings. The van der Waals surface area contributed by atoms with Crippen LogP contribution in [0, 0.1) is 0 Å². The Hall–Kier alpha value is -2.59. The molecule has 3 N–H and O–H groups in total. The van der Waals surface area contributed by atoms with Gasteiger partial charge in [0.2, 0.25) is 0 Å². The molecule has 4 heteroatoms. The molecule has 4 nitrogen and oxygen atoms in total. The van der Waals surface area contributed by atoms with E-state index in [1.165, 1.54) is 16.5 Å². The van der Waals surface area contributed by atoms with Crippen LogP contribution in [0.3, 0.4) is 0 Å². The molecule has 0 amide bonds. The number of benzene rings is 2. The summed E-state index contributed by atoms with van der Waals surface area (Å²) in [5.74, 6) is 0.970. The van der Waals surface area contributed by atoms with Gasteiger partial charge in [-0.1, -0.05) is 24.3 Å². The first kappa shape index (κ1) is 12.2. The van der Waals surface area contributed by atoms with E-state index in [0.717, 1.165) is 29.9 Å². The third-order valence-corrected chi connectivity index (χ3v) is 3.73. The summed E-state index contributed by atoms with van der Waals surface area (Å²) in [6, 6.07) is 16.5. The van der Waals surface area contributed by atoms with Crippen molar-refractivity contribution in [3.8, 4) is 0 Å². The molecule has 2 aromatic heterocycles. The largest absolute Gasteiger partial charge is 0.361 e. The lowest BCUT2D eigenvalue weighted by atomic mass is 10.1. The second-order valence-corrected chi connectivity index (χ2v) is 5.16. The minimum atomic E-state index is 0.732. The standard InChI is InChI=1S/C17H16N4/c1-2-6-16-15(5-1)20-17(21-16)11-18-10-12-4-3-7-14-13(12)8-9-19-14/h1-9,18-19H,10-11H2,(H,20,21). The Morgan fingerprint density at radius 1 is 0.905 bits per heavy atom. The zero-order valence-corrected chi connectivity index (χ0v) is 11.6. The van der Waals surface area contributed by atoms with Gasteiger partial charge in [0.05, 0.1) is 17.6 Å². The molecule has 0 fully saturated rings. The van der Waals surface area contributed by atoms with Gasteiger partial charge in [-0.05, 0) is 29.8 Å². The van der Waals surface area contributed by atoms with Crippen molar-refractivity contribution < 1.29 is 0 Å². The summed E-state index contributed by atoms with van der Waals surface area (Å²) in [4.78, 5) is 11.1. The molecule has 0 saturated heterocycles. The summed E-state index contributed by atoms with van der Waals surface area (Å²) in [6.45, 7) is 1.56. The number of aromatic amines is 2. The molecule has 4 aromatic rings. The fraction of sp³-hybridized carbons (Fsp3) is 0.118. The first-order chi connectivity index (χ1) is 10.4. The van der Waals surface area contributed by atoms with Crippen molar-refractivity contribution in [2.24, 2.45) is 0 Å². The van der Waals surface area contributed by atoms with Crippen LogP contribution in [0.15, 0.2) is 54.7 Å². The Kier molecular flexibility index (Phi) is 2.94. The number of hydrogen-bond donors (Lipinski definition) is 3. The number of nitrogens with one attached hydrogen (secondary N) is 3.